The lowest BCUT2D eigenvalue weighted by molar-refractivity contribution is 0.286. The first-order chi connectivity index (χ1) is 10.5. The van der Waals surface area contributed by atoms with Crippen LogP contribution in [0.3, 0.4) is 0 Å². The fourth-order valence-electron chi connectivity index (χ4n) is 2.37. The molecule has 0 fully saturated rings. The Labute approximate surface area is 129 Å². The Hall–Kier alpha value is -2.14. The summed E-state index contributed by atoms with van der Waals surface area (Å²) in [7, 11) is 0. The Balaban J connectivity index is 2.38. The van der Waals surface area contributed by atoms with Crippen molar-refractivity contribution in [1.29, 1.82) is 0 Å². The summed E-state index contributed by atoms with van der Waals surface area (Å²) in [6.45, 7) is 6.65. The molecule has 0 bridgehead atoms. The fourth-order valence-corrected chi connectivity index (χ4v) is 2.37. The van der Waals surface area contributed by atoms with Gasteiger partial charge in [0.1, 0.15) is 5.82 Å². The topological polar surface area (TPSA) is 45.5 Å². The van der Waals surface area contributed by atoms with Crippen LogP contribution in [-0.2, 0) is 13.1 Å². The summed E-state index contributed by atoms with van der Waals surface area (Å²) in [5.74, 6) is -0.617. The van der Waals surface area contributed by atoms with E-state index in [0.29, 0.717) is 12.1 Å². The van der Waals surface area contributed by atoms with Crippen molar-refractivity contribution in [1.82, 2.24) is 9.47 Å². The highest BCUT2D eigenvalue weighted by atomic mass is 19.1. The van der Waals surface area contributed by atoms with E-state index in [-0.39, 0.29) is 18.1 Å². The molecular weight excluding hydrogens is 283 g/mol. The molecule has 2 rings (SSSR count). The molecule has 0 atom stereocenters. The summed E-state index contributed by atoms with van der Waals surface area (Å²) >= 11 is 0. The van der Waals surface area contributed by atoms with Crippen LogP contribution in [0.1, 0.15) is 25.1 Å². The molecule has 5 heteroatoms. The minimum absolute atomic E-state index is 0.275. The smallest absolute Gasteiger partial charge is 0.223 e. The quantitative estimate of drug-likeness (QED) is 0.892. The number of halogens is 1. The van der Waals surface area contributed by atoms with E-state index in [4.69, 9.17) is 0 Å². The number of aromatic nitrogens is 1. The summed E-state index contributed by atoms with van der Waals surface area (Å²) in [5.41, 5.74) is 0.869. The summed E-state index contributed by atoms with van der Waals surface area (Å²) in [4.78, 5) is 13.9. The molecule has 2 aromatic rings. The van der Waals surface area contributed by atoms with E-state index in [2.05, 4.69) is 4.90 Å². The van der Waals surface area contributed by atoms with E-state index >= 15 is 0 Å². The number of pyridine rings is 1. The van der Waals surface area contributed by atoms with Crippen LogP contribution in [0, 0.1) is 5.82 Å². The predicted molar refractivity (Wildman–Crippen MR) is 84.5 cm³/mol. The average molecular weight is 304 g/mol. The van der Waals surface area contributed by atoms with Gasteiger partial charge in [0.15, 0.2) is 5.75 Å². The standard InChI is InChI=1S/C17H21FN2O2/c1-3-19(4-2)11-14-9-16(21)17(22)12-20(14)10-13-7-5-6-8-15(13)18/h5-9,12,22H,3-4,10-11H2,1-2H3. The van der Waals surface area contributed by atoms with Crippen molar-refractivity contribution in [3.05, 3.63) is 63.8 Å². The van der Waals surface area contributed by atoms with E-state index < -0.39 is 5.43 Å². The van der Waals surface area contributed by atoms with Crippen LogP contribution in [0.2, 0.25) is 0 Å². The first kappa shape index (κ1) is 16.2. The van der Waals surface area contributed by atoms with Gasteiger partial charge in [0, 0.05) is 23.9 Å². The second-order valence-corrected chi connectivity index (χ2v) is 5.19. The van der Waals surface area contributed by atoms with Gasteiger partial charge in [-0.25, -0.2) is 4.39 Å². The number of nitrogens with zero attached hydrogens (tertiary/aromatic N) is 2. The molecule has 0 saturated carbocycles. The van der Waals surface area contributed by atoms with Crippen LogP contribution in [0.25, 0.3) is 0 Å². The second kappa shape index (κ2) is 7.22. The summed E-state index contributed by atoms with van der Waals surface area (Å²) in [6.07, 6.45) is 1.38. The van der Waals surface area contributed by atoms with Gasteiger partial charge in [-0.2, -0.15) is 0 Å². The highest BCUT2D eigenvalue weighted by Gasteiger charge is 2.11. The van der Waals surface area contributed by atoms with Crippen molar-refractivity contribution < 1.29 is 9.50 Å². The van der Waals surface area contributed by atoms with Gasteiger partial charge < -0.3 is 9.67 Å². The summed E-state index contributed by atoms with van der Waals surface area (Å²) in [5, 5.41) is 9.68. The highest BCUT2D eigenvalue weighted by molar-refractivity contribution is 5.24. The van der Waals surface area contributed by atoms with E-state index in [0.717, 1.165) is 18.8 Å². The molecule has 0 aliphatic rings. The van der Waals surface area contributed by atoms with Crippen molar-refractivity contribution in [2.75, 3.05) is 13.1 Å². The molecule has 0 spiro atoms. The lowest BCUT2D eigenvalue weighted by atomic mass is 10.2. The van der Waals surface area contributed by atoms with Crippen LogP contribution in [0.4, 0.5) is 4.39 Å². The lowest BCUT2D eigenvalue weighted by Crippen LogP contribution is -2.26. The first-order valence-electron chi connectivity index (χ1n) is 7.43. The Bertz CT molecular complexity index is 693. The van der Waals surface area contributed by atoms with Crippen molar-refractivity contribution in [3.8, 4) is 5.75 Å². The van der Waals surface area contributed by atoms with Gasteiger partial charge in [0.05, 0.1) is 12.7 Å². The van der Waals surface area contributed by atoms with Gasteiger partial charge in [-0.05, 0) is 19.2 Å². The number of hydrogen-bond donors (Lipinski definition) is 1. The molecule has 0 saturated heterocycles. The summed E-state index contributed by atoms with van der Waals surface area (Å²) < 4.78 is 15.6. The molecule has 0 amide bonds. The molecule has 1 heterocycles. The molecule has 118 valence electrons. The maximum atomic E-state index is 13.8. The Morgan fingerprint density at radius 2 is 1.91 bits per heavy atom. The minimum atomic E-state index is -0.410. The van der Waals surface area contributed by atoms with Crippen molar-refractivity contribution in [2.24, 2.45) is 0 Å². The van der Waals surface area contributed by atoms with Crippen LogP contribution in [0.5, 0.6) is 5.75 Å². The second-order valence-electron chi connectivity index (χ2n) is 5.19. The van der Waals surface area contributed by atoms with Crippen molar-refractivity contribution >= 4 is 0 Å². The van der Waals surface area contributed by atoms with E-state index in [9.17, 15) is 14.3 Å². The minimum Gasteiger partial charge on any atom is -0.503 e. The molecule has 0 aliphatic heterocycles. The number of hydrogen-bond acceptors (Lipinski definition) is 3. The van der Waals surface area contributed by atoms with Crippen LogP contribution in [0.15, 0.2) is 41.3 Å². The fraction of sp³-hybridized carbons (Fsp3) is 0.353. The monoisotopic (exact) mass is 304 g/mol. The zero-order valence-electron chi connectivity index (χ0n) is 12.9. The van der Waals surface area contributed by atoms with Gasteiger partial charge in [-0.1, -0.05) is 32.0 Å². The van der Waals surface area contributed by atoms with E-state index in [1.54, 1.807) is 22.8 Å². The molecule has 1 N–H and O–H groups in total. The third-order valence-corrected chi connectivity index (χ3v) is 3.78. The molecular formula is C17H21FN2O2. The van der Waals surface area contributed by atoms with Gasteiger partial charge in [0.25, 0.3) is 0 Å². The molecule has 0 aliphatic carbocycles. The maximum absolute atomic E-state index is 13.8. The molecule has 0 radical (unpaired) electrons. The molecule has 1 aromatic heterocycles. The third kappa shape index (κ3) is 3.74. The van der Waals surface area contributed by atoms with Gasteiger partial charge >= 0.3 is 0 Å². The van der Waals surface area contributed by atoms with E-state index in [1.807, 2.05) is 13.8 Å². The average Bonchev–Trinajstić information content (AvgIpc) is 2.51. The maximum Gasteiger partial charge on any atom is 0.223 e. The Kier molecular flexibility index (Phi) is 5.33. The Morgan fingerprint density at radius 1 is 1.23 bits per heavy atom. The largest absolute Gasteiger partial charge is 0.503 e. The number of rotatable bonds is 6. The summed E-state index contributed by atoms with van der Waals surface area (Å²) in [6, 6.07) is 7.94. The lowest BCUT2D eigenvalue weighted by Gasteiger charge is -2.21. The zero-order chi connectivity index (χ0) is 16.1. The Morgan fingerprint density at radius 3 is 2.55 bits per heavy atom. The number of benzene rings is 1. The van der Waals surface area contributed by atoms with Gasteiger partial charge in [-0.15, -0.1) is 0 Å². The SMILES string of the molecule is CCN(CC)Cc1cc(=O)c(O)cn1Cc1ccccc1F. The van der Waals surface area contributed by atoms with Gasteiger partial charge in [0.2, 0.25) is 5.43 Å². The highest BCUT2D eigenvalue weighted by Crippen LogP contribution is 2.14. The molecule has 0 unspecified atom stereocenters. The molecule has 22 heavy (non-hydrogen) atoms. The molecule has 4 nitrogen and oxygen atoms in total. The third-order valence-electron chi connectivity index (χ3n) is 3.78. The first-order valence-corrected chi connectivity index (χ1v) is 7.43. The van der Waals surface area contributed by atoms with Crippen molar-refractivity contribution in [3.63, 3.8) is 0 Å². The van der Waals surface area contributed by atoms with Crippen LogP contribution in [-0.4, -0.2) is 27.7 Å². The molecule has 1 aromatic carbocycles. The van der Waals surface area contributed by atoms with Crippen molar-refractivity contribution in [2.45, 2.75) is 26.9 Å². The van der Waals surface area contributed by atoms with Crippen LogP contribution >= 0.6 is 0 Å². The number of aromatic hydroxyl groups is 1. The van der Waals surface area contributed by atoms with E-state index in [1.165, 1.54) is 18.3 Å². The predicted octanol–water partition coefficient (Wildman–Crippen LogP) is 2.58. The van der Waals surface area contributed by atoms with Crippen LogP contribution < -0.4 is 5.43 Å². The van der Waals surface area contributed by atoms with Gasteiger partial charge in [-0.3, -0.25) is 9.69 Å². The zero-order valence-corrected chi connectivity index (χ0v) is 12.9. The normalized spacial score (nSPS) is 11.1.